The van der Waals surface area contributed by atoms with Gasteiger partial charge in [0.05, 0.1) is 5.69 Å². The molecule has 16 heavy (non-hydrogen) atoms. The quantitative estimate of drug-likeness (QED) is 0.810. The molecule has 1 aliphatic rings. The molecule has 1 atom stereocenters. The van der Waals surface area contributed by atoms with Crippen molar-refractivity contribution in [1.29, 1.82) is 0 Å². The van der Waals surface area contributed by atoms with Gasteiger partial charge in [-0.3, -0.25) is 0 Å². The Hall–Kier alpha value is -1.00. The van der Waals surface area contributed by atoms with Crippen LogP contribution >= 0.6 is 0 Å². The molecule has 1 aliphatic heterocycles. The van der Waals surface area contributed by atoms with Crippen LogP contribution in [0.2, 0.25) is 0 Å². The van der Waals surface area contributed by atoms with Crippen LogP contribution in [0.1, 0.15) is 24.9 Å². The molecule has 0 aromatic carbocycles. The predicted molar refractivity (Wildman–Crippen MR) is 62.0 cm³/mol. The molecular weight excluding hydrogens is 202 g/mol. The van der Waals surface area contributed by atoms with Gasteiger partial charge < -0.3 is 10.1 Å². The fourth-order valence-corrected chi connectivity index (χ4v) is 1.89. The van der Waals surface area contributed by atoms with E-state index in [4.69, 9.17) is 4.74 Å². The molecule has 1 N–H and O–H groups in total. The highest BCUT2D eigenvalue weighted by atomic mass is 16.5. The summed E-state index contributed by atoms with van der Waals surface area (Å²) < 4.78 is 5.36. The molecule has 2 rings (SSSR count). The summed E-state index contributed by atoms with van der Waals surface area (Å²) in [5.74, 6) is 1.56. The Morgan fingerprint density at radius 2 is 2.50 bits per heavy atom. The fourth-order valence-electron chi connectivity index (χ4n) is 1.89. The third-order valence-corrected chi connectivity index (χ3v) is 2.81. The molecule has 0 amide bonds. The lowest BCUT2D eigenvalue weighted by atomic mass is 10.0. The zero-order valence-electron chi connectivity index (χ0n) is 9.78. The Labute approximate surface area is 96.4 Å². The molecule has 1 fully saturated rings. The highest BCUT2D eigenvalue weighted by Crippen LogP contribution is 2.16. The van der Waals surface area contributed by atoms with E-state index < -0.39 is 0 Å². The zero-order chi connectivity index (χ0) is 11.2. The topological polar surface area (TPSA) is 47.0 Å². The van der Waals surface area contributed by atoms with E-state index >= 15 is 0 Å². The summed E-state index contributed by atoms with van der Waals surface area (Å²) in [6.45, 7) is 5.64. The molecule has 2 heterocycles. The van der Waals surface area contributed by atoms with Crippen molar-refractivity contribution in [3.05, 3.63) is 23.8 Å². The summed E-state index contributed by atoms with van der Waals surface area (Å²) in [6.07, 6.45) is 3.94. The molecule has 0 aliphatic carbocycles. The lowest BCUT2D eigenvalue weighted by molar-refractivity contribution is 0.185. The second kappa shape index (κ2) is 5.92. The molecule has 88 valence electrons. The first kappa shape index (κ1) is 11.5. The lowest BCUT2D eigenvalue weighted by Crippen LogP contribution is -2.15. The van der Waals surface area contributed by atoms with Crippen LogP contribution in [-0.2, 0) is 17.7 Å². The van der Waals surface area contributed by atoms with Gasteiger partial charge in [0.1, 0.15) is 5.82 Å². The number of hydrogen-bond donors (Lipinski definition) is 1. The van der Waals surface area contributed by atoms with Gasteiger partial charge in [-0.15, -0.1) is 0 Å². The lowest BCUT2D eigenvalue weighted by Gasteiger charge is -2.07. The third-order valence-electron chi connectivity index (χ3n) is 2.81. The Bertz CT molecular complexity index is 324. The number of nitrogens with zero attached hydrogens (tertiary/aromatic N) is 2. The number of ether oxygens (including phenoxy) is 1. The maximum absolute atomic E-state index is 5.36. The first-order valence-electron chi connectivity index (χ1n) is 5.97. The molecule has 4 heteroatoms. The minimum Gasteiger partial charge on any atom is -0.381 e. The molecule has 0 spiro atoms. The number of hydrogen-bond acceptors (Lipinski definition) is 4. The van der Waals surface area contributed by atoms with Crippen molar-refractivity contribution in [3.8, 4) is 0 Å². The second-order valence-corrected chi connectivity index (χ2v) is 4.18. The fraction of sp³-hybridized carbons (Fsp3) is 0.667. The van der Waals surface area contributed by atoms with E-state index in [0.717, 1.165) is 50.7 Å². The predicted octanol–water partition coefficient (Wildman–Crippen LogP) is 1.17. The van der Waals surface area contributed by atoms with Gasteiger partial charge in [0.2, 0.25) is 0 Å². The highest BCUT2D eigenvalue weighted by molar-refractivity contribution is 5.03. The van der Waals surface area contributed by atoms with Gasteiger partial charge in [0.25, 0.3) is 0 Å². The van der Waals surface area contributed by atoms with E-state index in [9.17, 15) is 0 Å². The molecule has 1 aromatic rings. The number of aromatic nitrogens is 2. The van der Waals surface area contributed by atoms with E-state index in [2.05, 4.69) is 22.2 Å². The molecule has 1 saturated heterocycles. The van der Waals surface area contributed by atoms with Crippen molar-refractivity contribution in [3.63, 3.8) is 0 Å². The summed E-state index contributed by atoms with van der Waals surface area (Å²) in [4.78, 5) is 8.86. The van der Waals surface area contributed by atoms with E-state index in [1.807, 2.05) is 12.3 Å². The second-order valence-electron chi connectivity index (χ2n) is 4.18. The van der Waals surface area contributed by atoms with Gasteiger partial charge >= 0.3 is 0 Å². The summed E-state index contributed by atoms with van der Waals surface area (Å²) in [7, 11) is 0. The van der Waals surface area contributed by atoms with Crippen LogP contribution in [0.5, 0.6) is 0 Å². The number of rotatable bonds is 5. The van der Waals surface area contributed by atoms with E-state index in [0.29, 0.717) is 5.92 Å². The van der Waals surface area contributed by atoms with Crippen LogP contribution in [0.3, 0.4) is 0 Å². The molecule has 4 nitrogen and oxygen atoms in total. The van der Waals surface area contributed by atoms with E-state index in [1.54, 1.807) is 0 Å². The normalized spacial score (nSPS) is 20.2. The van der Waals surface area contributed by atoms with Gasteiger partial charge in [-0.05, 0) is 24.9 Å². The van der Waals surface area contributed by atoms with E-state index in [-0.39, 0.29) is 0 Å². The van der Waals surface area contributed by atoms with Crippen molar-refractivity contribution in [2.45, 2.75) is 26.3 Å². The van der Waals surface area contributed by atoms with Crippen LogP contribution in [-0.4, -0.2) is 29.7 Å². The van der Waals surface area contributed by atoms with Crippen LogP contribution in [0.25, 0.3) is 0 Å². The average Bonchev–Trinajstić information content (AvgIpc) is 2.80. The standard InChI is InChI=1S/C12H19N3O/c1-2-13-8-11-3-5-14-12(15-11)7-10-4-6-16-9-10/h3,5,10,13H,2,4,6-9H2,1H3. The van der Waals surface area contributed by atoms with Crippen molar-refractivity contribution >= 4 is 0 Å². The van der Waals surface area contributed by atoms with Gasteiger partial charge in [-0.2, -0.15) is 0 Å². The molecule has 1 unspecified atom stereocenters. The SMILES string of the molecule is CCNCc1ccnc(CC2CCOC2)n1. The van der Waals surface area contributed by atoms with Crippen molar-refractivity contribution < 1.29 is 4.74 Å². The first-order chi connectivity index (χ1) is 7.88. The summed E-state index contributed by atoms with van der Waals surface area (Å²) >= 11 is 0. The van der Waals surface area contributed by atoms with Crippen molar-refractivity contribution in [2.24, 2.45) is 5.92 Å². The van der Waals surface area contributed by atoms with Crippen LogP contribution in [0, 0.1) is 5.92 Å². The first-order valence-corrected chi connectivity index (χ1v) is 5.97. The summed E-state index contributed by atoms with van der Waals surface area (Å²) in [5.41, 5.74) is 1.07. The van der Waals surface area contributed by atoms with Crippen molar-refractivity contribution in [1.82, 2.24) is 15.3 Å². The minimum atomic E-state index is 0.606. The maximum atomic E-state index is 5.36. The Morgan fingerprint density at radius 3 is 3.25 bits per heavy atom. The Morgan fingerprint density at radius 1 is 1.56 bits per heavy atom. The average molecular weight is 221 g/mol. The third kappa shape index (κ3) is 3.25. The smallest absolute Gasteiger partial charge is 0.128 e. The van der Waals surface area contributed by atoms with Crippen LogP contribution in [0.4, 0.5) is 0 Å². The zero-order valence-corrected chi connectivity index (χ0v) is 9.78. The van der Waals surface area contributed by atoms with Crippen LogP contribution < -0.4 is 5.32 Å². The van der Waals surface area contributed by atoms with Gasteiger partial charge in [-0.25, -0.2) is 9.97 Å². The summed E-state index contributed by atoms with van der Waals surface area (Å²) in [6, 6.07) is 1.97. The summed E-state index contributed by atoms with van der Waals surface area (Å²) in [5, 5.41) is 3.27. The Balaban J connectivity index is 1.92. The molecule has 0 bridgehead atoms. The molecule has 0 radical (unpaired) electrons. The number of nitrogens with one attached hydrogen (secondary N) is 1. The molecule has 1 aromatic heterocycles. The monoisotopic (exact) mass is 221 g/mol. The van der Waals surface area contributed by atoms with Crippen LogP contribution in [0.15, 0.2) is 12.3 Å². The van der Waals surface area contributed by atoms with E-state index in [1.165, 1.54) is 0 Å². The Kier molecular flexibility index (Phi) is 4.25. The largest absolute Gasteiger partial charge is 0.381 e. The highest BCUT2D eigenvalue weighted by Gasteiger charge is 2.17. The maximum Gasteiger partial charge on any atom is 0.128 e. The minimum absolute atomic E-state index is 0.606. The van der Waals surface area contributed by atoms with Gasteiger partial charge in [-0.1, -0.05) is 6.92 Å². The van der Waals surface area contributed by atoms with Gasteiger partial charge in [0.15, 0.2) is 0 Å². The molecular formula is C12H19N3O. The van der Waals surface area contributed by atoms with Crippen molar-refractivity contribution in [2.75, 3.05) is 19.8 Å². The molecule has 0 saturated carbocycles. The van der Waals surface area contributed by atoms with Gasteiger partial charge in [0, 0.05) is 32.4 Å².